The first-order valence-electron chi connectivity index (χ1n) is 18.7. The number of rotatable bonds is 7. The quantitative estimate of drug-likeness (QED) is 0.359. The van der Waals surface area contributed by atoms with Crippen molar-refractivity contribution in [2.75, 3.05) is 38.3 Å². The normalized spacial score (nSPS) is 35.4. The average molecular weight is 718 g/mol. The molecule has 5 fully saturated rings. The number of halogens is 1. The number of aliphatic hydroxyl groups excluding tert-OH is 1. The predicted molar refractivity (Wildman–Crippen MR) is 191 cm³/mol. The number of aliphatic hydroxyl groups is 2. The van der Waals surface area contributed by atoms with E-state index in [1.165, 1.54) is 13.3 Å². The van der Waals surface area contributed by atoms with Crippen molar-refractivity contribution in [1.29, 1.82) is 0 Å². The van der Waals surface area contributed by atoms with Crippen LogP contribution in [-0.2, 0) is 14.3 Å². The van der Waals surface area contributed by atoms with E-state index in [-0.39, 0.29) is 70.8 Å². The van der Waals surface area contributed by atoms with Crippen LogP contribution in [0.25, 0.3) is 10.9 Å². The lowest BCUT2D eigenvalue weighted by molar-refractivity contribution is -0.178. The number of hydrogen-bond donors (Lipinski definition) is 3. The van der Waals surface area contributed by atoms with Gasteiger partial charge >= 0.3 is 5.97 Å². The zero-order valence-corrected chi connectivity index (χ0v) is 30.2. The van der Waals surface area contributed by atoms with Crippen molar-refractivity contribution in [3.05, 3.63) is 57.7 Å². The number of hydrogen-bond acceptors (Lipinski definition) is 10. The minimum Gasteiger partial charge on any atom is -0.492 e. The minimum absolute atomic E-state index is 0.0131. The first kappa shape index (κ1) is 35.2. The number of carbonyl (C=O) groups excluding carboxylic acids is 3. The summed E-state index contributed by atoms with van der Waals surface area (Å²) in [5.41, 5.74) is -2.66. The molecule has 278 valence electrons. The zero-order valence-electron chi connectivity index (χ0n) is 30.2. The highest BCUT2D eigenvalue weighted by molar-refractivity contribution is 6.01. The van der Waals surface area contributed by atoms with Gasteiger partial charge in [0.2, 0.25) is 11.2 Å². The first-order valence-corrected chi connectivity index (χ1v) is 18.7. The summed E-state index contributed by atoms with van der Waals surface area (Å²) in [7, 11) is 1.45. The fourth-order valence-electron chi connectivity index (χ4n) is 11.0. The lowest BCUT2D eigenvalue weighted by Crippen LogP contribution is -2.61. The van der Waals surface area contributed by atoms with E-state index in [2.05, 4.69) is 12.2 Å². The Labute approximate surface area is 301 Å². The van der Waals surface area contributed by atoms with Crippen molar-refractivity contribution in [3.8, 4) is 5.75 Å². The second-order valence-electron chi connectivity index (χ2n) is 16.6. The SMILES string of the molecule is COc1c(N2CCNC(C)C2)c(F)cc2c(=O)c(C(=O)OCC(=O)[C@@]3(O)CCC4C5CCC6=CC(=O)C=C[C@]6(C)C5[C@@H](O)C[C@@]43C)cn(C3CC3)c12. The van der Waals surface area contributed by atoms with Gasteiger partial charge in [0, 0.05) is 54.7 Å². The van der Waals surface area contributed by atoms with Gasteiger partial charge in [0.25, 0.3) is 0 Å². The Kier molecular flexibility index (Phi) is 8.35. The fraction of sp³-hybridized carbons (Fsp3) is 0.600. The molecule has 3 N–H and O–H groups in total. The molecule has 11 nitrogen and oxygen atoms in total. The van der Waals surface area contributed by atoms with Crippen molar-refractivity contribution < 1.29 is 38.5 Å². The lowest BCUT2D eigenvalue weighted by Gasteiger charge is -2.59. The number of ketones is 2. The van der Waals surface area contributed by atoms with E-state index in [1.54, 1.807) is 16.7 Å². The number of benzene rings is 1. The standard InChI is InChI=1S/C40H48FN3O8/c1-21-18-43(14-13-42-21)34-29(41)16-26-33(36(34)51-4)44(23-6-7-23)19-27(35(26)48)37(49)52-20-31(47)40(50)12-10-28-25-8-5-22-15-24(45)9-11-38(22,2)32(25)30(46)17-39(28,40)3/h9,11,15-16,19,21,23,25,28,30,32,42,46,50H,5-8,10,12-14,17-18,20H2,1-4H3/t21?,25?,28?,30-,32?,38-,39-,40-/m0/s1. The van der Waals surface area contributed by atoms with E-state index in [9.17, 15) is 29.4 Å². The Morgan fingerprint density at radius 3 is 2.63 bits per heavy atom. The molecule has 4 saturated carbocycles. The summed E-state index contributed by atoms with van der Waals surface area (Å²) < 4.78 is 29.0. The van der Waals surface area contributed by atoms with Crippen LogP contribution >= 0.6 is 0 Å². The fourth-order valence-corrected chi connectivity index (χ4v) is 11.0. The van der Waals surface area contributed by atoms with Crippen LogP contribution in [-0.4, -0.2) is 83.4 Å². The van der Waals surface area contributed by atoms with Gasteiger partial charge in [-0.2, -0.15) is 0 Å². The molecule has 5 aliphatic carbocycles. The van der Waals surface area contributed by atoms with Gasteiger partial charge < -0.3 is 34.5 Å². The molecule has 2 heterocycles. The highest BCUT2D eigenvalue weighted by Gasteiger charge is 2.68. The number of nitrogens with zero attached hydrogens (tertiary/aromatic N) is 2. The second-order valence-corrected chi connectivity index (χ2v) is 16.6. The molecule has 0 amide bonds. The molecule has 1 aromatic carbocycles. The molecule has 8 rings (SSSR count). The maximum Gasteiger partial charge on any atom is 0.344 e. The number of fused-ring (bicyclic) bond motifs is 6. The Balaban J connectivity index is 1.06. The van der Waals surface area contributed by atoms with E-state index in [0.29, 0.717) is 38.0 Å². The van der Waals surface area contributed by atoms with Gasteiger partial charge in [0.05, 0.1) is 24.1 Å². The number of anilines is 1. The number of pyridine rings is 1. The minimum atomic E-state index is -1.86. The molecular weight excluding hydrogens is 669 g/mol. The second kappa shape index (κ2) is 12.3. The Bertz CT molecular complexity index is 2000. The Hall–Kier alpha value is -3.87. The van der Waals surface area contributed by atoms with Crippen LogP contribution in [0.1, 0.15) is 82.1 Å². The van der Waals surface area contributed by atoms with E-state index in [0.717, 1.165) is 30.9 Å². The summed E-state index contributed by atoms with van der Waals surface area (Å²) >= 11 is 0. The number of allylic oxidation sites excluding steroid dienone is 4. The summed E-state index contributed by atoms with van der Waals surface area (Å²) in [6.07, 6.45) is 9.72. The van der Waals surface area contributed by atoms with Gasteiger partial charge in [-0.25, -0.2) is 9.18 Å². The maximum atomic E-state index is 15.9. The molecular formula is C40H48FN3O8. The van der Waals surface area contributed by atoms with Gasteiger partial charge in [-0.05, 0) is 81.9 Å². The molecule has 6 aliphatic rings. The average Bonchev–Trinajstić information content (AvgIpc) is 3.91. The molecule has 1 aromatic heterocycles. The third kappa shape index (κ3) is 5.15. The van der Waals surface area contributed by atoms with Crippen LogP contribution in [0.15, 0.2) is 40.9 Å². The molecule has 1 aliphatic heterocycles. The van der Waals surface area contributed by atoms with Crippen LogP contribution in [0.3, 0.4) is 0 Å². The van der Waals surface area contributed by atoms with Gasteiger partial charge in [0.15, 0.2) is 24.0 Å². The van der Waals surface area contributed by atoms with Crippen LogP contribution in [0.4, 0.5) is 10.1 Å². The monoisotopic (exact) mass is 717 g/mol. The van der Waals surface area contributed by atoms with E-state index in [4.69, 9.17) is 9.47 Å². The van der Waals surface area contributed by atoms with Gasteiger partial charge in [-0.15, -0.1) is 0 Å². The lowest BCUT2D eigenvalue weighted by atomic mass is 9.46. The molecule has 2 aromatic rings. The van der Waals surface area contributed by atoms with Crippen molar-refractivity contribution in [3.63, 3.8) is 0 Å². The third-order valence-electron chi connectivity index (χ3n) is 13.7. The number of esters is 1. The molecule has 1 saturated heterocycles. The molecule has 0 radical (unpaired) electrons. The number of methoxy groups -OCH3 is 1. The predicted octanol–water partition coefficient (Wildman–Crippen LogP) is 4.02. The van der Waals surface area contributed by atoms with Crippen molar-refractivity contribution in [2.24, 2.45) is 28.6 Å². The topological polar surface area (TPSA) is 147 Å². The molecule has 52 heavy (non-hydrogen) atoms. The summed E-state index contributed by atoms with van der Waals surface area (Å²) in [6, 6.07) is 1.26. The van der Waals surface area contributed by atoms with Crippen LogP contribution in [0.2, 0.25) is 0 Å². The zero-order chi connectivity index (χ0) is 36.9. The van der Waals surface area contributed by atoms with Gasteiger partial charge in [-0.1, -0.05) is 25.5 Å². The summed E-state index contributed by atoms with van der Waals surface area (Å²) in [4.78, 5) is 55.5. The van der Waals surface area contributed by atoms with Crippen LogP contribution in [0.5, 0.6) is 5.75 Å². The third-order valence-corrected chi connectivity index (χ3v) is 13.7. The molecule has 8 atom stereocenters. The van der Waals surface area contributed by atoms with Gasteiger partial charge in [0.1, 0.15) is 16.9 Å². The highest BCUT2D eigenvalue weighted by Crippen LogP contribution is 2.67. The van der Waals surface area contributed by atoms with Crippen molar-refractivity contribution in [1.82, 2.24) is 9.88 Å². The largest absolute Gasteiger partial charge is 0.492 e. The van der Waals surface area contributed by atoms with Gasteiger partial charge in [-0.3, -0.25) is 14.4 Å². The van der Waals surface area contributed by atoms with Crippen LogP contribution < -0.4 is 20.4 Å². The highest BCUT2D eigenvalue weighted by atomic mass is 19.1. The van der Waals surface area contributed by atoms with Crippen LogP contribution in [0, 0.1) is 34.4 Å². The van der Waals surface area contributed by atoms with Crippen molar-refractivity contribution >= 4 is 34.1 Å². The number of ether oxygens (including phenoxy) is 2. The maximum absolute atomic E-state index is 15.9. The molecule has 0 spiro atoms. The first-order chi connectivity index (χ1) is 24.7. The Morgan fingerprint density at radius 2 is 1.92 bits per heavy atom. The van der Waals surface area contributed by atoms with E-state index >= 15 is 4.39 Å². The molecule has 4 unspecified atom stereocenters. The summed E-state index contributed by atoms with van der Waals surface area (Å²) in [5.74, 6) is -2.36. The van der Waals surface area contributed by atoms with E-state index in [1.807, 2.05) is 24.8 Å². The number of Topliss-reactive ketones (excluding diaryl/α,β-unsaturated/α-hetero) is 1. The summed E-state index contributed by atoms with van der Waals surface area (Å²) in [5, 5.41) is 27.2. The number of carbonyl (C=O) groups is 3. The summed E-state index contributed by atoms with van der Waals surface area (Å²) in [6.45, 7) is 6.95. The Morgan fingerprint density at radius 1 is 1.15 bits per heavy atom. The number of nitrogens with one attached hydrogen (secondary N) is 1. The molecule has 0 bridgehead atoms. The van der Waals surface area contributed by atoms with Crippen molar-refractivity contribution in [2.45, 2.75) is 89.5 Å². The van der Waals surface area contributed by atoms with E-state index < -0.39 is 52.1 Å². The smallest absolute Gasteiger partial charge is 0.344 e. The number of piperazine rings is 1. The molecule has 12 heteroatoms. The number of aromatic nitrogens is 1.